The molecule has 5 nitrogen and oxygen atoms in total. The first kappa shape index (κ1) is 15.5. The second-order valence-corrected chi connectivity index (χ2v) is 4.27. The number of hydrogen-bond donors (Lipinski definition) is 1. The van der Waals surface area contributed by atoms with E-state index in [9.17, 15) is 23.3 Å². The Morgan fingerprint density at radius 2 is 1.86 bits per heavy atom. The lowest BCUT2D eigenvalue weighted by atomic mass is 10.1. The minimum Gasteiger partial charge on any atom is -0.272 e. The topological polar surface area (TPSA) is 67.5 Å². The monoisotopic (exact) mass is 309 g/mol. The minimum absolute atomic E-state index is 0.149. The van der Waals surface area contributed by atoms with Crippen molar-refractivity contribution in [2.75, 3.05) is 5.43 Å². The van der Waals surface area contributed by atoms with Crippen LogP contribution in [0.15, 0.2) is 53.6 Å². The van der Waals surface area contributed by atoms with Gasteiger partial charge in [-0.3, -0.25) is 15.5 Å². The van der Waals surface area contributed by atoms with E-state index < -0.39 is 16.7 Å². The number of halogens is 3. The Morgan fingerprint density at radius 3 is 2.55 bits per heavy atom. The van der Waals surface area contributed by atoms with Crippen LogP contribution in [-0.4, -0.2) is 11.1 Å². The van der Waals surface area contributed by atoms with Crippen molar-refractivity contribution in [3.63, 3.8) is 0 Å². The molecule has 0 saturated carbocycles. The summed E-state index contributed by atoms with van der Waals surface area (Å²) < 4.78 is 37.7. The summed E-state index contributed by atoms with van der Waals surface area (Å²) in [5, 5.41) is 14.5. The van der Waals surface area contributed by atoms with E-state index in [0.717, 1.165) is 18.3 Å². The zero-order chi connectivity index (χ0) is 16.2. The summed E-state index contributed by atoms with van der Waals surface area (Å²) in [4.78, 5) is 10.2. The van der Waals surface area contributed by atoms with Crippen LogP contribution in [-0.2, 0) is 6.18 Å². The highest BCUT2D eigenvalue weighted by atomic mass is 19.4. The third-order valence-corrected chi connectivity index (χ3v) is 2.71. The average Bonchev–Trinajstić information content (AvgIpc) is 2.47. The summed E-state index contributed by atoms with van der Waals surface area (Å²) in [6.07, 6.45) is -3.28. The molecule has 0 spiro atoms. The summed E-state index contributed by atoms with van der Waals surface area (Å²) in [5.41, 5.74) is 1.85. The molecule has 2 aromatic carbocycles. The van der Waals surface area contributed by atoms with Crippen LogP contribution in [0.2, 0.25) is 0 Å². The van der Waals surface area contributed by atoms with Crippen LogP contribution in [0, 0.1) is 10.1 Å². The number of anilines is 1. The summed E-state index contributed by atoms with van der Waals surface area (Å²) in [7, 11) is 0. The molecule has 0 saturated heterocycles. The van der Waals surface area contributed by atoms with E-state index in [2.05, 4.69) is 10.5 Å². The lowest BCUT2D eigenvalue weighted by Gasteiger charge is -2.06. The fraction of sp³-hybridized carbons (Fsp3) is 0.0714. The zero-order valence-electron chi connectivity index (χ0n) is 11.0. The molecule has 2 rings (SSSR count). The lowest BCUT2D eigenvalue weighted by Crippen LogP contribution is -2.05. The second-order valence-electron chi connectivity index (χ2n) is 4.27. The van der Waals surface area contributed by atoms with E-state index in [1.165, 1.54) is 30.3 Å². The minimum atomic E-state index is -4.44. The third-order valence-electron chi connectivity index (χ3n) is 2.71. The van der Waals surface area contributed by atoms with Gasteiger partial charge in [0.2, 0.25) is 0 Å². The maximum absolute atomic E-state index is 12.6. The van der Waals surface area contributed by atoms with Gasteiger partial charge < -0.3 is 0 Å². The molecule has 1 N–H and O–H groups in total. The van der Waals surface area contributed by atoms with Gasteiger partial charge in [-0.1, -0.05) is 24.3 Å². The van der Waals surface area contributed by atoms with Crippen LogP contribution in [0.4, 0.5) is 24.5 Å². The lowest BCUT2D eigenvalue weighted by molar-refractivity contribution is -0.384. The molecule has 0 amide bonds. The Bertz CT molecular complexity index is 714. The van der Waals surface area contributed by atoms with Gasteiger partial charge in [0, 0.05) is 6.07 Å². The highest BCUT2D eigenvalue weighted by molar-refractivity contribution is 5.80. The number of alkyl halides is 3. The summed E-state index contributed by atoms with van der Waals surface area (Å²) in [5.74, 6) is 0. The Balaban J connectivity index is 2.16. The Labute approximate surface area is 123 Å². The summed E-state index contributed by atoms with van der Waals surface area (Å²) in [6, 6.07) is 10.4. The number of nitro groups is 1. The quantitative estimate of drug-likeness (QED) is 0.526. The third kappa shape index (κ3) is 3.81. The number of hydrogen-bond acceptors (Lipinski definition) is 4. The van der Waals surface area contributed by atoms with Crippen LogP contribution in [0.3, 0.4) is 0 Å². The van der Waals surface area contributed by atoms with Crippen molar-refractivity contribution < 1.29 is 18.1 Å². The van der Waals surface area contributed by atoms with Crippen molar-refractivity contribution >= 4 is 17.6 Å². The van der Waals surface area contributed by atoms with Crippen molar-refractivity contribution in [1.29, 1.82) is 0 Å². The maximum Gasteiger partial charge on any atom is 0.416 e. The Kier molecular flexibility index (Phi) is 4.40. The van der Waals surface area contributed by atoms with E-state index in [1.807, 2.05) is 0 Å². The largest absolute Gasteiger partial charge is 0.416 e. The molecular formula is C14H10F3N3O2. The van der Waals surface area contributed by atoms with Gasteiger partial charge in [-0.05, 0) is 23.8 Å². The highest BCUT2D eigenvalue weighted by Crippen LogP contribution is 2.29. The summed E-state index contributed by atoms with van der Waals surface area (Å²) in [6.45, 7) is 0. The molecule has 0 aromatic heterocycles. The molecule has 0 aliphatic carbocycles. The van der Waals surface area contributed by atoms with Crippen LogP contribution >= 0.6 is 0 Å². The first-order chi connectivity index (χ1) is 10.4. The number of nitro benzene ring substituents is 1. The smallest absolute Gasteiger partial charge is 0.272 e. The van der Waals surface area contributed by atoms with E-state index in [-0.39, 0.29) is 16.9 Å². The Hall–Kier alpha value is -2.90. The molecule has 0 radical (unpaired) electrons. The van der Waals surface area contributed by atoms with E-state index in [4.69, 9.17) is 0 Å². The molecule has 0 unspecified atom stereocenters. The molecule has 22 heavy (non-hydrogen) atoms. The number of hydrazone groups is 1. The van der Waals surface area contributed by atoms with Gasteiger partial charge in [-0.15, -0.1) is 0 Å². The van der Waals surface area contributed by atoms with Crippen LogP contribution in [0.25, 0.3) is 0 Å². The SMILES string of the molecule is O=[N+]([O-])c1ccccc1N/N=C\c1cccc(C(F)(F)F)c1. The van der Waals surface area contributed by atoms with Crippen molar-refractivity contribution in [3.05, 3.63) is 69.8 Å². The van der Waals surface area contributed by atoms with Gasteiger partial charge in [0.1, 0.15) is 5.69 Å². The molecule has 2 aromatic rings. The molecule has 0 aliphatic heterocycles. The molecule has 0 heterocycles. The van der Waals surface area contributed by atoms with Gasteiger partial charge in [0.05, 0.1) is 16.7 Å². The van der Waals surface area contributed by atoms with Crippen molar-refractivity contribution in [1.82, 2.24) is 0 Å². The number of rotatable bonds is 4. The number of benzene rings is 2. The molecule has 8 heteroatoms. The van der Waals surface area contributed by atoms with E-state index in [1.54, 1.807) is 6.07 Å². The molecule has 0 atom stereocenters. The maximum atomic E-state index is 12.6. The zero-order valence-corrected chi connectivity index (χ0v) is 11.0. The van der Waals surface area contributed by atoms with Gasteiger partial charge in [-0.2, -0.15) is 18.3 Å². The van der Waals surface area contributed by atoms with Crippen molar-refractivity contribution in [2.24, 2.45) is 5.10 Å². The number of nitrogens with zero attached hydrogens (tertiary/aromatic N) is 2. The highest BCUT2D eigenvalue weighted by Gasteiger charge is 2.30. The van der Waals surface area contributed by atoms with Gasteiger partial charge in [0.25, 0.3) is 5.69 Å². The molecular weight excluding hydrogens is 299 g/mol. The van der Waals surface area contributed by atoms with Gasteiger partial charge in [0.15, 0.2) is 0 Å². The predicted molar refractivity (Wildman–Crippen MR) is 75.8 cm³/mol. The first-order valence-corrected chi connectivity index (χ1v) is 6.07. The molecule has 0 aliphatic rings. The van der Waals surface area contributed by atoms with Crippen LogP contribution in [0.1, 0.15) is 11.1 Å². The second kappa shape index (κ2) is 6.25. The summed E-state index contributed by atoms with van der Waals surface area (Å²) >= 11 is 0. The number of nitrogens with one attached hydrogen (secondary N) is 1. The normalized spacial score (nSPS) is 11.6. The van der Waals surface area contributed by atoms with Crippen molar-refractivity contribution in [2.45, 2.75) is 6.18 Å². The van der Waals surface area contributed by atoms with Gasteiger partial charge in [-0.25, -0.2) is 0 Å². The predicted octanol–water partition coefficient (Wildman–Crippen LogP) is 4.06. The fourth-order valence-electron chi connectivity index (χ4n) is 1.70. The standard InChI is InChI=1S/C14H10F3N3O2/c15-14(16,17)11-5-3-4-10(8-11)9-18-19-12-6-1-2-7-13(12)20(21)22/h1-9,19H/b18-9-. The van der Waals surface area contributed by atoms with Crippen molar-refractivity contribution in [3.8, 4) is 0 Å². The van der Waals surface area contributed by atoms with E-state index >= 15 is 0 Å². The molecule has 114 valence electrons. The first-order valence-electron chi connectivity index (χ1n) is 6.07. The van der Waals surface area contributed by atoms with E-state index in [0.29, 0.717) is 0 Å². The average molecular weight is 309 g/mol. The molecule has 0 bridgehead atoms. The van der Waals surface area contributed by atoms with Crippen LogP contribution < -0.4 is 5.43 Å². The van der Waals surface area contributed by atoms with Crippen LogP contribution in [0.5, 0.6) is 0 Å². The molecule has 0 fully saturated rings. The number of para-hydroxylation sites is 2. The fourth-order valence-corrected chi connectivity index (χ4v) is 1.70. The van der Waals surface area contributed by atoms with Gasteiger partial charge >= 0.3 is 6.18 Å². The Morgan fingerprint density at radius 1 is 1.14 bits per heavy atom.